The number of aliphatic hydroxyl groups excluding tert-OH is 2. The van der Waals surface area contributed by atoms with Crippen molar-refractivity contribution in [3.8, 4) is 0 Å². The average molecular weight is 242 g/mol. The predicted octanol–water partition coefficient (Wildman–Crippen LogP) is -0.739. The Kier molecular flexibility index (Phi) is 3.19. The first-order valence-electron chi connectivity index (χ1n) is 5.44. The van der Waals surface area contributed by atoms with Crippen LogP contribution in [0.15, 0.2) is 24.2 Å². The van der Waals surface area contributed by atoms with Gasteiger partial charge < -0.3 is 25.2 Å². The lowest BCUT2D eigenvalue weighted by Gasteiger charge is -2.32. The molecule has 2 rings (SSSR count). The smallest absolute Gasteiger partial charge is 0.253 e. The number of carbonyl (C=O) groups excluding carboxylic acids is 1. The number of nitrogens with zero attached hydrogens (tertiary/aromatic N) is 1. The van der Waals surface area contributed by atoms with Gasteiger partial charge in [0.2, 0.25) is 0 Å². The second kappa shape index (κ2) is 4.48. The zero-order valence-electron chi connectivity index (χ0n) is 9.59. The number of carbonyl (C=O) groups is 1. The van der Waals surface area contributed by atoms with Crippen molar-refractivity contribution in [1.29, 1.82) is 0 Å². The summed E-state index contributed by atoms with van der Waals surface area (Å²) in [6, 6.07) is 0. The maximum absolute atomic E-state index is 11.4. The standard InChI is InChI=1S/C11H16N2O4/c1-6-4-13(7(2)12-11(6)16)10-3-8(15)9(5-14)17-10/h4,8-10,14-15H,2-3,5H2,1H3,(H,12,16)/t8?,9-,10-/m1/s1/i14+2. The first-order valence-corrected chi connectivity index (χ1v) is 5.44. The number of amides is 1. The number of hydrogen-bond acceptors (Lipinski definition) is 5. The average Bonchev–Trinajstić information content (AvgIpc) is 2.65. The summed E-state index contributed by atoms with van der Waals surface area (Å²) in [4.78, 5) is 13.0. The summed E-state index contributed by atoms with van der Waals surface area (Å²) in [6.07, 6.45) is 0.302. The molecule has 6 nitrogen and oxygen atoms in total. The molecule has 6 heteroatoms. The van der Waals surface area contributed by atoms with E-state index in [-0.39, 0.29) is 12.5 Å². The highest BCUT2D eigenvalue weighted by Crippen LogP contribution is 2.27. The van der Waals surface area contributed by atoms with Gasteiger partial charge >= 0.3 is 0 Å². The van der Waals surface area contributed by atoms with Crippen molar-refractivity contribution < 1.29 is 19.7 Å². The fraction of sp³-hybridized carbons (Fsp3) is 0.545. The number of ether oxygens (including phenoxy) is 1. The number of nitrogens with one attached hydrogen (secondary N) is 1. The molecule has 0 aromatic heterocycles. The Morgan fingerprint density at radius 2 is 2.47 bits per heavy atom. The van der Waals surface area contributed by atoms with Gasteiger partial charge in [-0.2, -0.15) is 0 Å². The van der Waals surface area contributed by atoms with E-state index in [2.05, 4.69) is 11.9 Å². The van der Waals surface area contributed by atoms with Crippen molar-refractivity contribution in [3.05, 3.63) is 24.2 Å². The maximum Gasteiger partial charge on any atom is 0.253 e. The summed E-state index contributed by atoms with van der Waals surface area (Å²) in [5, 5.41) is 21.2. The molecule has 17 heavy (non-hydrogen) atoms. The fourth-order valence-corrected chi connectivity index (χ4v) is 1.95. The molecule has 3 N–H and O–H groups in total. The molecule has 0 bridgehead atoms. The Hall–Kier alpha value is -1.37. The lowest BCUT2D eigenvalue weighted by atomic mass is 10.2. The van der Waals surface area contributed by atoms with Crippen LogP contribution >= 0.6 is 0 Å². The summed E-state index contributed by atoms with van der Waals surface area (Å²) >= 11 is 0. The van der Waals surface area contributed by atoms with Crippen molar-refractivity contribution >= 4 is 5.91 Å². The van der Waals surface area contributed by atoms with E-state index < -0.39 is 18.4 Å². The van der Waals surface area contributed by atoms with E-state index in [1.165, 1.54) is 0 Å². The van der Waals surface area contributed by atoms with Gasteiger partial charge in [-0.05, 0) is 6.92 Å². The van der Waals surface area contributed by atoms with Gasteiger partial charge in [-0.3, -0.25) is 4.79 Å². The van der Waals surface area contributed by atoms with Crippen LogP contribution in [0.2, 0.25) is 0 Å². The van der Waals surface area contributed by atoms with Crippen LogP contribution in [0.5, 0.6) is 0 Å². The molecule has 0 spiro atoms. The van der Waals surface area contributed by atoms with E-state index in [9.17, 15) is 9.90 Å². The zero-order valence-corrected chi connectivity index (χ0v) is 9.59. The normalized spacial score (nSPS) is 33.7. The Labute approximate surface area is 99.2 Å². The van der Waals surface area contributed by atoms with Gasteiger partial charge in [0, 0.05) is 18.2 Å². The molecule has 2 aliphatic rings. The summed E-state index contributed by atoms with van der Waals surface area (Å²) in [7, 11) is 0. The Balaban J connectivity index is 2.13. The highest BCUT2D eigenvalue weighted by molar-refractivity contribution is 5.94. The summed E-state index contributed by atoms with van der Waals surface area (Å²) < 4.78 is 5.49. The van der Waals surface area contributed by atoms with Crippen LogP contribution in [0.4, 0.5) is 0 Å². The topological polar surface area (TPSA) is 82.0 Å². The van der Waals surface area contributed by atoms with Gasteiger partial charge in [0.25, 0.3) is 5.91 Å². The van der Waals surface area contributed by atoms with Gasteiger partial charge in [0.05, 0.1) is 12.7 Å². The minimum absolute atomic E-state index is 0.191. The minimum Gasteiger partial charge on any atom is -0.394 e. The summed E-state index contributed by atoms with van der Waals surface area (Å²) in [6.45, 7) is 5.18. The molecule has 0 aromatic carbocycles. The van der Waals surface area contributed by atoms with Crippen molar-refractivity contribution in [2.24, 2.45) is 0 Å². The van der Waals surface area contributed by atoms with Crippen molar-refractivity contribution in [2.75, 3.05) is 6.61 Å². The molecule has 0 aliphatic carbocycles. The Morgan fingerprint density at radius 3 is 3.06 bits per heavy atom. The molecule has 3 atom stereocenters. The molecule has 2 heterocycles. The second-order valence-corrected chi connectivity index (χ2v) is 4.24. The first-order chi connectivity index (χ1) is 8.02. The summed E-state index contributed by atoms with van der Waals surface area (Å²) in [5.41, 5.74) is 0.544. The van der Waals surface area contributed by atoms with Crippen molar-refractivity contribution in [3.63, 3.8) is 0 Å². The van der Waals surface area contributed by atoms with Crippen LogP contribution in [0.25, 0.3) is 0 Å². The number of hydrogen-bond donors (Lipinski definition) is 3. The fourth-order valence-electron chi connectivity index (χ4n) is 1.95. The van der Waals surface area contributed by atoms with Gasteiger partial charge in [0.15, 0.2) is 0 Å². The van der Waals surface area contributed by atoms with Crippen molar-refractivity contribution in [2.45, 2.75) is 31.8 Å². The first kappa shape index (κ1) is 12.1. The van der Waals surface area contributed by atoms with E-state index in [1.54, 1.807) is 18.0 Å². The van der Waals surface area contributed by atoms with E-state index in [0.29, 0.717) is 17.8 Å². The zero-order chi connectivity index (χ0) is 12.6. The van der Waals surface area contributed by atoms with Crippen LogP contribution in [-0.4, -0.2) is 46.1 Å². The minimum atomic E-state index is -0.705. The van der Waals surface area contributed by atoms with E-state index in [0.717, 1.165) is 0 Å². The molecule has 0 aromatic rings. The highest BCUT2D eigenvalue weighted by atomic mass is 18.2. The van der Waals surface area contributed by atoms with Crippen LogP contribution in [0, 0.1) is 0 Å². The lowest BCUT2D eigenvalue weighted by Crippen LogP contribution is -2.42. The molecule has 1 fully saturated rings. The third-order valence-corrected chi connectivity index (χ3v) is 2.95. The number of rotatable bonds is 2. The Morgan fingerprint density at radius 1 is 1.76 bits per heavy atom. The van der Waals surface area contributed by atoms with Crippen LogP contribution in [-0.2, 0) is 9.53 Å². The third-order valence-electron chi connectivity index (χ3n) is 2.95. The summed E-state index contributed by atoms with van der Waals surface area (Å²) in [5.74, 6) is 0.222. The molecule has 0 saturated carbocycles. The third kappa shape index (κ3) is 2.19. The van der Waals surface area contributed by atoms with E-state index in [4.69, 9.17) is 9.84 Å². The van der Waals surface area contributed by atoms with Gasteiger partial charge in [0.1, 0.15) is 18.2 Å². The molecular weight excluding hydrogens is 226 g/mol. The van der Waals surface area contributed by atoms with Gasteiger partial charge in [-0.1, -0.05) is 6.58 Å². The van der Waals surface area contributed by atoms with Crippen LogP contribution in [0.3, 0.4) is 0 Å². The largest absolute Gasteiger partial charge is 0.394 e. The van der Waals surface area contributed by atoms with Gasteiger partial charge in [-0.15, -0.1) is 0 Å². The molecule has 1 unspecified atom stereocenters. The molecule has 1 amide bonds. The van der Waals surface area contributed by atoms with Crippen LogP contribution < -0.4 is 5.32 Å². The number of aliphatic hydroxyl groups is 2. The second-order valence-electron chi connectivity index (χ2n) is 4.24. The molecule has 1 saturated heterocycles. The molecule has 0 radical (unpaired) electrons. The maximum atomic E-state index is 11.4. The SMILES string of the molecule is C=C1NC(=O)C(C)=CN1[C@H]1CC(O)[C@@H](C[18OH])O1. The predicted molar refractivity (Wildman–Crippen MR) is 59.2 cm³/mol. The monoisotopic (exact) mass is 242 g/mol. The Bertz CT molecular complexity index is 380. The van der Waals surface area contributed by atoms with Gasteiger partial charge in [-0.25, -0.2) is 0 Å². The van der Waals surface area contributed by atoms with Crippen LogP contribution in [0.1, 0.15) is 13.3 Å². The molecule has 94 valence electrons. The highest BCUT2D eigenvalue weighted by Gasteiger charge is 2.38. The molecular formula is C11H16N2O4. The van der Waals surface area contributed by atoms with Crippen molar-refractivity contribution in [1.82, 2.24) is 10.2 Å². The lowest BCUT2D eigenvalue weighted by molar-refractivity contribution is -0.118. The quantitative estimate of drug-likeness (QED) is 0.556. The van der Waals surface area contributed by atoms with E-state index >= 15 is 0 Å². The van der Waals surface area contributed by atoms with E-state index in [1.807, 2.05) is 0 Å². The molecule has 2 aliphatic heterocycles.